The third-order valence-corrected chi connectivity index (χ3v) is 5.08. The minimum Gasteiger partial charge on any atom is -0.379 e. The predicted molar refractivity (Wildman–Crippen MR) is 85.1 cm³/mol. The van der Waals surface area contributed by atoms with Gasteiger partial charge in [0.05, 0.1) is 21.0 Å². The summed E-state index contributed by atoms with van der Waals surface area (Å²) < 4.78 is 29.9. The van der Waals surface area contributed by atoms with E-state index in [1.54, 1.807) is 0 Å². The Morgan fingerprint density at radius 3 is 2.27 bits per heavy atom. The molecule has 2 aromatic rings. The molecular weight excluding hydrogens is 421 g/mol. The molecule has 0 radical (unpaired) electrons. The Kier molecular flexibility index (Phi) is 4.96. The number of nitrogens with zero attached hydrogens (tertiary/aromatic N) is 1. The Bertz CT molecular complexity index is 833. The molecule has 0 heterocycles. The van der Waals surface area contributed by atoms with E-state index >= 15 is 0 Å². The molecule has 0 saturated carbocycles. The maximum atomic E-state index is 12.3. The number of hydrogen-bond donors (Lipinski definition) is 0. The van der Waals surface area contributed by atoms with Gasteiger partial charge in [-0.05, 0) is 18.2 Å². The van der Waals surface area contributed by atoms with Gasteiger partial charge in [0.15, 0.2) is 0 Å². The average Bonchev–Trinajstić information content (AvgIpc) is 2.36. The minimum absolute atomic E-state index is 0.134. The predicted octanol–water partition coefficient (Wildman–Crippen LogP) is 4.43. The maximum Gasteiger partial charge on any atom is 0.342 e. The molecule has 0 aromatic heterocycles. The zero-order valence-corrected chi connectivity index (χ0v) is 14.4. The molecule has 22 heavy (non-hydrogen) atoms. The summed E-state index contributed by atoms with van der Waals surface area (Å²) in [6, 6.07) is 7.45. The van der Waals surface area contributed by atoms with Crippen molar-refractivity contribution in [2.24, 2.45) is 0 Å². The third kappa shape index (κ3) is 3.70. The van der Waals surface area contributed by atoms with Gasteiger partial charge in [-0.25, -0.2) is 0 Å². The van der Waals surface area contributed by atoms with Crippen molar-refractivity contribution < 1.29 is 17.5 Å². The number of rotatable bonds is 4. The van der Waals surface area contributed by atoms with Gasteiger partial charge in [-0.2, -0.15) is 8.42 Å². The van der Waals surface area contributed by atoms with Crippen LogP contribution in [0.4, 0.5) is 5.69 Å². The lowest BCUT2D eigenvalue weighted by Gasteiger charge is -2.10. The van der Waals surface area contributed by atoms with Crippen LogP contribution in [0.15, 0.2) is 45.8 Å². The summed E-state index contributed by atoms with van der Waals surface area (Å²) in [5.41, 5.74) is -0.305. The molecule has 0 saturated heterocycles. The molecule has 6 nitrogen and oxygen atoms in total. The molecule has 0 aliphatic carbocycles. The van der Waals surface area contributed by atoms with Gasteiger partial charge in [-0.1, -0.05) is 45.2 Å². The highest BCUT2D eigenvalue weighted by Gasteiger charge is 2.25. The van der Waals surface area contributed by atoms with Crippen LogP contribution in [0.1, 0.15) is 0 Å². The van der Waals surface area contributed by atoms with E-state index in [9.17, 15) is 18.5 Å². The van der Waals surface area contributed by atoms with Crippen molar-refractivity contribution >= 4 is 54.9 Å². The van der Waals surface area contributed by atoms with Crippen LogP contribution in [-0.4, -0.2) is 13.3 Å². The van der Waals surface area contributed by atoms with Crippen LogP contribution in [0, 0.1) is 10.1 Å². The van der Waals surface area contributed by atoms with Crippen LogP contribution in [-0.2, 0) is 10.1 Å². The molecule has 2 rings (SSSR count). The Hall–Kier alpha value is -1.35. The summed E-state index contributed by atoms with van der Waals surface area (Å²) in [5.74, 6) is -0.218. The lowest BCUT2D eigenvalue weighted by molar-refractivity contribution is -0.384. The average molecular weight is 427 g/mol. The van der Waals surface area contributed by atoms with Crippen molar-refractivity contribution in [2.45, 2.75) is 4.90 Å². The van der Waals surface area contributed by atoms with E-state index in [-0.39, 0.29) is 21.5 Å². The molecule has 0 atom stereocenters. The second-order valence-electron chi connectivity index (χ2n) is 3.99. The Morgan fingerprint density at radius 2 is 1.73 bits per heavy atom. The van der Waals surface area contributed by atoms with Gasteiger partial charge < -0.3 is 4.18 Å². The lowest BCUT2D eigenvalue weighted by Crippen LogP contribution is -2.11. The zero-order chi connectivity index (χ0) is 16.5. The van der Waals surface area contributed by atoms with E-state index in [0.29, 0.717) is 4.47 Å². The Labute approximate surface area is 144 Å². The first-order chi connectivity index (χ1) is 10.2. The molecule has 0 bridgehead atoms. The van der Waals surface area contributed by atoms with Crippen molar-refractivity contribution in [3.63, 3.8) is 0 Å². The molecule has 0 aliphatic rings. The third-order valence-electron chi connectivity index (χ3n) is 2.45. The SMILES string of the molecule is O=[N+]([O-])c1cccc(OS(=O)(=O)c2c(Cl)cc(Br)cc2Cl)c1. The van der Waals surface area contributed by atoms with Crippen LogP contribution in [0.25, 0.3) is 0 Å². The van der Waals surface area contributed by atoms with Gasteiger partial charge in [0, 0.05) is 10.5 Å². The highest BCUT2D eigenvalue weighted by Crippen LogP contribution is 2.34. The highest BCUT2D eigenvalue weighted by molar-refractivity contribution is 9.10. The van der Waals surface area contributed by atoms with Crippen molar-refractivity contribution in [2.75, 3.05) is 0 Å². The van der Waals surface area contributed by atoms with Crippen molar-refractivity contribution in [3.05, 3.63) is 61.0 Å². The summed E-state index contributed by atoms with van der Waals surface area (Å²) in [4.78, 5) is 9.61. The standard InChI is InChI=1S/C12H6BrCl2NO5S/c13-7-4-10(14)12(11(15)5-7)22(19,20)21-9-3-1-2-8(6-9)16(17)18/h1-6H. The van der Waals surface area contributed by atoms with Gasteiger partial charge in [0.2, 0.25) is 0 Å². The first kappa shape index (κ1) is 17.0. The molecule has 0 spiro atoms. The zero-order valence-electron chi connectivity index (χ0n) is 10.5. The van der Waals surface area contributed by atoms with E-state index in [4.69, 9.17) is 27.4 Å². The first-order valence-electron chi connectivity index (χ1n) is 5.54. The number of nitro benzene ring substituents is 1. The maximum absolute atomic E-state index is 12.3. The summed E-state index contributed by atoms with van der Waals surface area (Å²) >= 11 is 14.9. The fraction of sp³-hybridized carbons (Fsp3) is 0. The van der Waals surface area contributed by atoms with Crippen LogP contribution in [0.5, 0.6) is 5.75 Å². The molecule has 0 aliphatic heterocycles. The van der Waals surface area contributed by atoms with Crippen molar-refractivity contribution in [1.29, 1.82) is 0 Å². The van der Waals surface area contributed by atoms with E-state index < -0.39 is 19.9 Å². The lowest BCUT2D eigenvalue weighted by atomic mass is 10.3. The molecule has 0 fully saturated rings. The normalized spacial score (nSPS) is 11.2. The molecule has 10 heteroatoms. The minimum atomic E-state index is -4.34. The van der Waals surface area contributed by atoms with E-state index in [1.807, 2.05) is 0 Å². The Morgan fingerprint density at radius 1 is 1.14 bits per heavy atom. The molecule has 2 aromatic carbocycles. The second kappa shape index (κ2) is 6.41. The van der Waals surface area contributed by atoms with Crippen LogP contribution < -0.4 is 4.18 Å². The summed E-state index contributed by atoms with van der Waals surface area (Å²) in [7, 11) is -4.34. The number of hydrogen-bond acceptors (Lipinski definition) is 5. The number of halogens is 3. The van der Waals surface area contributed by atoms with Gasteiger partial charge in [-0.15, -0.1) is 0 Å². The highest BCUT2D eigenvalue weighted by atomic mass is 79.9. The monoisotopic (exact) mass is 425 g/mol. The van der Waals surface area contributed by atoms with Gasteiger partial charge in [0.25, 0.3) is 5.69 Å². The number of nitro groups is 1. The number of non-ortho nitro benzene ring substituents is 1. The van der Waals surface area contributed by atoms with Gasteiger partial charge >= 0.3 is 10.1 Å². The van der Waals surface area contributed by atoms with Crippen molar-refractivity contribution in [3.8, 4) is 5.75 Å². The quantitative estimate of drug-likeness (QED) is 0.410. The smallest absolute Gasteiger partial charge is 0.342 e. The van der Waals surface area contributed by atoms with Gasteiger partial charge in [0.1, 0.15) is 10.6 Å². The number of benzene rings is 2. The molecular formula is C12H6BrCl2NO5S. The van der Waals surface area contributed by atoms with Crippen molar-refractivity contribution in [1.82, 2.24) is 0 Å². The van der Waals surface area contributed by atoms with E-state index in [1.165, 1.54) is 30.3 Å². The van der Waals surface area contributed by atoms with Crippen LogP contribution in [0.2, 0.25) is 10.0 Å². The van der Waals surface area contributed by atoms with Crippen LogP contribution in [0.3, 0.4) is 0 Å². The van der Waals surface area contributed by atoms with Gasteiger partial charge in [-0.3, -0.25) is 10.1 Å². The van der Waals surface area contributed by atoms with E-state index in [2.05, 4.69) is 15.9 Å². The molecule has 0 amide bonds. The summed E-state index contributed by atoms with van der Waals surface area (Å²) in [6.45, 7) is 0. The first-order valence-corrected chi connectivity index (χ1v) is 8.50. The second-order valence-corrected chi connectivity index (χ2v) is 7.20. The van der Waals surface area contributed by atoms with E-state index in [0.717, 1.165) is 6.07 Å². The van der Waals surface area contributed by atoms with Crippen LogP contribution >= 0.6 is 39.1 Å². The largest absolute Gasteiger partial charge is 0.379 e. The fourth-order valence-electron chi connectivity index (χ4n) is 1.59. The molecule has 0 N–H and O–H groups in total. The molecule has 116 valence electrons. The molecule has 0 unspecified atom stereocenters. The topological polar surface area (TPSA) is 86.5 Å². The Balaban J connectivity index is 2.45. The fourth-order valence-corrected chi connectivity index (χ4v) is 4.40. The summed E-state index contributed by atoms with van der Waals surface area (Å²) in [5, 5.41) is 10.4. The summed E-state index contributed by atoms with van der Waals surface area (Å²) in [6.07, 6.45) is 0.